The van der Waals surface area contributed by atoms with E-state index in [0.717, 1.165) is 22.3 Å². The van der Waals surface area contributed by atoms with Gasteiger partial charge in [-0.1, -0.05) is 25.4 Å². The molecule has 1 heterocycles. The van der Waals surface area contributed by atoms with Crippen LogP contribution in [0, 0.1) is 6.92 Å². The van der Waals surface area contributed by atoms with Gasteiger partial charge >= 0.3 is 0 Å². The summed E-state index contributed by atoms with van der Waals surface area (Å²) in [5.41, 5.74) is 7.84. The zero-order valence-corrected chi connectivity index (χ0v) is 10.3. The van der Waals surface area contributed by atoms with E-state index in [1.165, 1.54) is 0 Å². The number of nitrogens with zero attached hydrogens (tertiary/aromatic N) is 2. The summed E-state index contributed by atoms with van der Waals surface area (Å²) < 4.78 is 0. The SMILES string of the molecule is Cc1cc(Cl)cc2c(N)nc(C(C)C)nc12. The highest BCUT2D eigenvalue weighted by Crippen LogP contribution is 2.26. The topological polar surface area (TPSA) is 51.8 Å². The molecule has 0 bridgehead atoms. The maximum atomic E-state index is 5.99. The third kappa shape index (κ3) is 1.83. The Morgan fingerprint density at radius 1 is 1.25 bits per heavy atom. The number of anilines is 1. The summed E-state index contributed by atoms with van der Waals surface area (Å²) in [5.74, 6) is 1.54. The van der Waals surface area contributed by atoms with Crippen molar-refractivity contribution in [3.63, 3.8) is 0 Å². The van der Waals surface area contributed by atoms with Gasteiger partial charge in [0.05, 0.1) is 5.52 Å². The van der Waals surface area contributed by atoms with Crippen molar-refractivity contribution in [1.29, 1.82) is 0 Å². The third-order valence-electron chi connectivity index (χ3n) is 2.52. The van der Waals surface area contributed by atoms with Gasteiger partial charge in [0.25, 0.3) is 0 Å². The number of aryl methyl sites for hydroxylation is 1. The lowest BCUT2D eigenvalue weighted by molar-refractivity contribution is 0.785. The normalized spacial score (nSPS) is 11.3. The number of fused-ring (bicyclic) bond motifs is 1. The number of hydrogen-bond acceptors (Lipinski definition) is 3. The number of hydrogen-bond donors (Lipinski definition) is 1. The Morgan fingerprint density at radius 2 is 1.94 bits per heavy atom. The van der Waals surface area contributed by atoms with Gasteiger partial charge in [-0.25, -0.2) is 9.97 Å². The molecule has 4 heteroatoms. The molecule has 0 atom stereocenters. The lowest BCUT2D eigenvalue weighted by Crippen LogP contribution is -2.03. The lowest BCUT2D eigenvalue weighted by atomic mass is 10.1. The van der Waals surface area contributed by atoms with Crippen LogP contribution in [0.3, 0.4) is 0 Å². The number of rotatable bonds is 1. The molecule has 0 aliphatic rings. The molecule has 0 spiro atoms. The zero-order chi connectivity index (χ0) is 11.9. The highest BCUT2D eigenvalue weighted by Gasteiger charge is 2.10. The number of nitrogens with two attached hydrogens (primary N) is 1. The van der Waals surface area contributed by atoms with Gasteiger partial charge < -0.3 is 5.73 Å². The van der Waals surface area contributed by atoms with Crippen molar-refractivity contribution >= 4 is 28.3 Å². The fourth-order valence-electron chi connectivity index (χ4n) is 1.66. The molecule has 2 rings (SSSR count). The minimum Gasteiger partial charge on any atom is -0.383 e. The molecule has 0 saturated heterocycles. The van der Waals surface area contributed by atoms with Gasteiger partial charge in [-0.3, -0.25) is 0 Å². The maximum Gasteiger partial charge on any atom is 0.135 e. The van der Waals surface area contributed by atoms with Crippen molar-refractivity contribution < 1.29 is 0 Å². The third-order valence-corrected chi connectivity index (χ3v) is 2.74. The summed E-state index contributed by atoms with van der Waals surface area (Å²) in [7, 11) is 0. The Bertz CT molecular complexity index is 549. The highest BCUT2D eigenvalue weighted by atomic mass is 35.5. The zero-order valence-electron chi connectivity index (χ0n) is 9.58. The van der Waals surface area contributed by atoms with Crippen molar-refractivity contribution in [3.05, 3.63) is 28.5 Å². The van der Waals surface area contributed by atoms with E-state index in [-0.39, 0.29) is 5.92 Å². The van der Waals surface area contributed by atoms with E-state index >= 15 is 0 Å². The molecule has 2 aromatic rings. The van der Waals surface area contributed by atoms with Crippen LogP contribution in [0.4, 0.5) is 5.82 Å². The molecule has 84 valence electrons. The fourth-order valence-corrected chi connectivity index (χ4v) is 1.93. The Balaban J connectivity index is 2.82. The molecule has 0 aliphatic carbocycles. The summed E-state index contributed by atoms with van der Waals surface area (Å²) in [6, 6.07) is 3.70. The lowest BCUT2D eigenvalue weighted by Gasteiger charge is -2.09. The first-order chi connectivity index (χ1) is 7.49. The van der Waals surface area contributed by atoms with Gasteiger partial charge in [-0.15, -0.1) is 0 Å². The van der Waals surface area contributed by atoms with Crippen LogP contribution in [0.15, 0.2) is 12.1 Å². The summed E-state index contributed by atoms with van der Waals surface area (Å²) in [4.78, 5) is 8.82. The van der Waals surface area contributed by atoms with E-state index in [0.29, 0.717) is 10.8 Å². The number of aromatic nitrogens is 2. The minimum atomic E-state index is 0.266. The van der Waals surface area contributed by atoms with Gasteiger partial charge in [-0.2, -0.15) is 0 Å². The molecule has 0 aliphatic heterocycles. The second-order valence-corrected chi connectivity index (χ2v) is 4.68. The van der Waals surface area contributed by atoms with Crippen LogP contribution in [-0.4, -0.2) is 9.97 Å². The molecule has 16 heavy (non-hydrogen) atoms. The average molecular weight is 236 g/mol. The van der Waals surface area contributed by atoms with E-state index in [2.05, 4.69) is 9.97 Å². The predicted molar refractivity (Wildman–Crippen MR) is 67.8 cm³/mol. The van der Waals surface area contributed by atoms with Gasteiger partial charge in [-0.05, 0) is 24.6 Å². The van der Waals surface area contributed by atoms with Crippen LogP contribution < -0.4 is 5.73 Å². The van der Waals surface area contributed by atoms with Gasteiger partial charge in [0, 0.05) is 16.3 Å². The standard InChI is InChI=1S/C12H14ClN3/c1-6(2)12-15-10-7(3)4-8(13)5-9(10)11(14)16-12/h4-6H,1-3H3,(H2,14,15,16). The van der Waals surface area contributed by atoms with E-state index in [4.69, 9.17) is 17.3 Å². The van der Waals surface area contributed by atoms with Crippen molar-refractivity contribution in [2.45, 2.75) is 26.7 Å². The molecule has 1 aromatic carbocycles. The van der Waals surface area contributed by atoms with Crippen molar-refractivity contribution in [2.24, 2.45) is 0 Å². The summed E-state index contributed by atoms with van der Waals surface area (Å²) in [6.45, 7) is 6.07. The van der Waals surface area contributed by atoms with Crippen molar-refractivity contribution in [2.75, 3.05) is 5.73 Å². The molecule has 0 saturated carbocycles. The van der Waals surface area contributed by atoms with Crippen LogP contribution in [0.2, 0.25) is 5.02 Å². The van der Waals surface area contributed by atoms with E-state index in [1.807, 2.05) is 32.9 Å². The van der Waals surface area contributed by atoms with Crippen LogP contribution in [0.5, 0.6) is 0 Å². The number of benzene rings is 1. The second-order valence-electron chi connectivity index (χ2n) is 4.24. The van der Waals surface area contributed by atoms with Crippen LogP contribution in [0.25, 0.3) is 10.9 Å². The largest absolute Gasteiger partial charge is 0.383 e. The minimum absolute atomic E-state index is 0.266. The Hall–Kier alpha value is -1.35. The summed E-state index contributed by atoms with van der Waals surface area (Å²) >= 11 is 5.99. The van der Waals surface area contributed by atoms with E-state index in [1.54, 1.807) is 0 Å². The number of nitrogen functional groups attached to an aromatic ring is 1. The van der Waals surface area contributed by atoms with Crippen molar-refractivity contribution in [3.8, 4) is 0 Å². The fraction of sp³-hybridized carbons (Fsp3) is 0.333. The molecule has 0 fully saturated rings. The molecule has 1 aromatic heterocycles. The Labute approximate surface area is 99.7 Å². The molecular formula is C12H14ClN3. The molecule has 0 radical (unpaired) electrons. The highest BCUT2D eigenvalue weighted by molar-refractivity contribution is 6.31. The van der Waals surface area contributed by atoms with E-state index < -0.39 is 0 Å². The van der Waals surface area contributed by atoms with Crippen LogP contribution in [-0.2, 0) is 0 Å². The first kappa shape index (κ1) is 11.1. The number of halogens is 1. The second kappa shape index (κ2) is 3.91. The molecule has 3 nitrogen and oxygen atoms in total. The van der Waals surface area contributed by atoms with Gasteiger partial charge in [0.1, 0.15) is 11.6 Å². The van der Waals surface area contributed by atoms with Gasteiger partial charge in [0.2, 0.25) is 0 Å². The summed E-state index contributed by atoms with van der Waals surface area (Å²) in [6.07, 6.45) is 0. The van der Waals surface area contributed by atoms with Crippen molar-refractivity contribution in [1.82, 2.24) is 9.97 Å². The van der Waals surface area contributed by atoms with Crippen LogP contribution in [0.1, 0.15) is 31.2 Å². The quantitative estimate of drug-likeness (QED) is 0.825. The first-order valence-corrected chi connectivity index (χ1v) is 5.60. The first-order valence-electron chi connectivity index (χ1n) is 5.22. The Kier molecular flexibility index (Phi) is 2.72. The smallest absolute Gasteiger partial charge is 0.135 e. The predicted octanol–water partition coefficient (Wildman–Crippen LogP) is 3.30. The van der Waals surface area contributed by atoms with E-state index in [9.17, 15) is 0 Å². The van der Waals surface area contributed by atoms with Gasteiger partial charge in [0.15, 0.2) is 0 Å². The Morgan fingerprint density at radius 3 is 2.56 bits per heavy atom. The molecular weight excluding hydrogens is 222 g/mol. The van der Waals surface area contributed by atoms with Crippen LogP contribution >= 0.6 is 11.6 Å². The maximum absolute atomic E-state index is 5.99. The monoisotopic (exact) mass is 235 g/mol. The summed E-state index contributed by atoms with van der Waals surface area (Å²) in [5, 5.41) is 1.49. The molecule has 2 N–H and O–H groups in total. The molecule has 0 unspecified atom stereocenters. The average Bonchev–Trinajstić information content (AvgIpc) is 2.19. The molecule has 0 amide bonds.